The molecule has 0 spiro atoms. The average Bonchev–Trinajstić information content (AvgIpc) is 3.11. The van der Waals surface area contributed by atoms with E-state index in [9.17, 15) is 4.79 Å². The van der Waals surface area contributed by atoms with Gasteiger partial charge >= 0.3 is 0 Å². The van der Waals surface area contributed by atoms with Gasteiger partial charge in [-0.3, -0.25) is 9.69 Å². The SMILES string of the molecule is CN(CC(=O)NCC1CC1)Cc1ccccc1. The maximum Gasteiger partial charge on any atom is 0.234 e. The second kappa shape index (κ2) is 5.82. The average molecular weight is 232 g/mol. The second-order valence-electron chi connectivity index (χ2n) is 4.91. The Morgan fingerprint density at radius 2 is 2.06 bits per heavy atom. The Labute approximate surface area is 103 Å². The number of likely N-dealkylation sites (N-methyl/N-ethyl adjacent to an activating group) is 1. The Balaban J connectivity index is 1.68. The van der Waals surface area contributed by atoms with E-state index in [4.69, 9.17) is 0 Å². The van der Waals surface area contributed by atoms with Crippen molar-refractivity contribution in [1.29, 1.82) is 0 Å². The number of amides is 1. The summed E-state index contributed by atoms with van der Waals surface area (Å²) in [5.41, 5.74) is 1.24. The first-order chi connectivity index (χ1) is 8.24. The van der Waals surface area contributed by atoms with E-state index >= 15 is 0 Å². The third-order valence-corrected chi connectivity index (χ3v) is 2.99. The van der Waals surface area contributed by atoms with E-state index in [0.717, 1.165) is 19.0 Å². The molecule has 0 aliphatic heterocycles. The summed E-state index contributed by atoms with van der Waals surface area (Å²) in [5.74, 6) is 0.883. The van der Waals surface area contributed by atoms with Crippen molar-refractivity contribution in [3.63, 3.8) is 0 Å². The third-order valence-electron chi connectivity index (χ3n) is 2.99. The maximum absolute atomic E-state index is 11.6. The van der Waals surface area contributed by atoms with Gasteiger partial charge in [0.2, 0.25) is 5.91 Å². The number of rotatable bonds is 6. The fourth-order valence-corrected chi connectivity index (χ4v) is 1.83. The number of hydrogen-bond acceptors (Lipinski definition) is 2. The lowest BCUT2D eigenvalue weighted by Gasteiger charge is -2.16. The van der Waals surface area contributed by atoms with Gasteiger partial charge in [0.1, 0.15) is 0 Å². The molecule has 1 N–H and O–H groups in total. The molecule has 0 radical (unpaired) electrons. The van der Waals surface area contributed by atoms with Gasteiger partial charge in [-0.1, -0.05) is 30.3 Å². The minimum absolute atomic E-state index is 0.135. The van der Waals surface area contributed by atoms with Gasteiger partial charge in [0.15, 0.2) is 0 Å². The minimum Gasteiger partial charge on any atom is -0.355 e. The zero-order chi connectivity index (χ0) is 12.1. The van der Waals surface area contributed by atoms with Crippen LogP contribution in [0.25, 0.3) is 0 Å². The summed E-state index contributed by atoms with van der Waals surface area (Å²) >= 11 is 0. The molecule has 0 bridgehead atoms. The van der Waals surface area contributed by atoms with Crippen LogP contribution in [0.4, 0.5) is 0 Å². The van der Waals surface area contributed by atoms with Crippen molar-refractivity contribution in [3.05, 3.63) is 35.9 Å². The summed E-state index contributed by atoms with van der Waals surface area (Å²) in [4.78, 5) is 13.7. The molecule has 1 aliphatic rings. The standard InChI is InChI=1S/C14H20N2O/c1-16(10-13-5-3-2-4-6-13)11-14(17)15-9-12-7-8-12/h2-6,12H,7-11H2,1H3,(H,15,17). The molecule has 1 fully saturated rings. The van der Waals surface area contributed by atoms with Crippen LogP contribution in [0.15, 0.2) is 30.3 Å². The lowest BCUT2D eigenvalue weighted by molar-refractivity contribution is -0.122. The second-order valence-corrected chi connectivity index (χ2v) is 4.91. The predicted octanol–water partition coefficient (Wildman–Crippen LogP) is 1.64. The lowest BCUT2D eigenvalue weighted by Crippen LogP contribution is -2.35. The van der Waals surface area contributed by atoms with E-state index < -0.39 is 0 Å². The van der Waals surface area contributed by atoms with E-state index in [-0.39, 0.29) is 5.91 Å². The van der Waals surface area contributed by atoms with Crippen molar-refractivity contribution in [2.75, 3.05) is 20.1 Å². The summed E-state index contributed by atoms with van der Waals surface area (Å²) < 4.78 is 0. The molecule has 0 heterocycles. The fourth-order valence-electron chi connectivity index (χ4n) is 1.83. The molecule has 3 nitrogen and oxygen atoms in total. The molecule has 0 atom stereocenters. The smallest absolute Gasteiger partial charge is 0.234 e. The van der Waals surface area contributed by atoms with Crippen LogP contribution in [-0.2, 0) is 11.3 Å². The Morgan fingerprint density at radius 3 is 2.71 bits per heavy atom. The van der Waals surface area contributed by atoms with Crippen LogP contribution in [0.3, 0.4) is 0 Å². The Kier molecular flexibility index (Phi) is 4.15. The highest BCUT2D eigenvalue weighted by molar-refractivity contribution is 5.77. The van der Waals surface area contributed by atoms with Gasteiger partial charge in [-0.25, -0.2) is 0 Å². The molecule has 92 valence electrons. The molecular weight excluding hydrogens is 212 g/mol. The van der Waals surface area contributed by atoms with Crippen LogP contribution in [-0.4, -0.2) is 30.9 Å². The van der Waals surface area contributed by atoms with Gasteiger partial charge in [-0.15, -0.1) is 0 Å². The number of nitrogens with zero attached hydrogens (tertiary/aromatic N) is 1. The first-order valence-corrected chi connectivity index (χ1v) is 6.23. The molecule has 1 amide bonds. The molecule has 2 rings (SSSR count). The Hall–Kier alpha value is -1.35. The van der Waals surface area contributed by atoms with E-state index in [0.29, 0.717) is 6.54 Å². The van der Waals surface area contributed by atoms with Gasteiger partial charge < -0.3 is 5.32 Å². The Morgan fingerprint density at radius 1 is 1.35 bits per heavy atom. The van der Waals surface area contributed by atoms with Crippen molar-refractivity contribution in [2.24, 2.45) is 5.92 Å². The van der Waals surface area contributed by atoms with Gasteiger partial charge in [-0.05, 0) is 31.4 Å². The molecule has 0 unspecified atom stereocenters. The van der Waals surface area contributed by atoms with Crippen molar-refractivity contribution in [2.45, 2.75) is 19.4 Å². The van der Waals surface area contributed by atoms with Crippen LogP contribution in [0.1, 0.15) is 18.4 Å². The molecule has 3 heteroatoms. The van der Waals surface area contributed by atoms with Gasteiger partial charge in [-0.2, -0.15) is 0 Å². The third kappa shape index (κ3) is 4.57. The number of benzene rings is 1. The van der Waals surface area contributed by atoms with Gasteiger partial charge in [0.25, 0.3) is 0 Å². The zero-order valence-electron chi connectivity index (χ0n) is 10.4. The zero-order valence-corrected chi connectivity index (χ0v) is 10.4. The van der Waals surface area contributed by atoms with E-state index in [1.807, 2.05) is 30.1 Å². The molecule has 1 aromatic rings. The Bertz CT molecular complexity index is 360. The highest BCUT2D eigenvalue weighted by Gasteiger charge is 2.21. The summed E-state index contributed by atoms with van der Waals surface area (Å²) in [7, 11) is 1.98. The summed E-state index contributed by atoms with van der Waals surface area (Å²) in [6.07, 6.45) is 2.56. The van der Waals surface area contributed by atoms with E-state index in [1.165, 1.54) is 18.4 Å². The quantitative estimate of drug-likeness (QED) is 0.808. The monoisotopic (exact) mass is 232 g/mol. The highest BCUT2D eigenvalue weighted by Crippen LogP contribution is 2.27. The van der Waals surface area contributed by atoms with Gasteiger partial charge in [0, 0.05) is 13.1 Å². The van der Waals surface area contributed by atoms with Crippen molar-refractivity contribution >= 4 is 5.91 Å². The van der Waals surface area contributed by atoms with Crippen molar-refractivity contribution < 1.29 is 4.79 Å². The van der Waals surface area contributed by atoms with Crippen LogP contribution in [0, 0.1) is 5.92 Å². The summed E-state index contributed by atoms with van der Waals surface area (Å²) in [6, 6.07) is 10.2. The lowest BCUT2D eigenvalue weighted by atomic mass is 10.2. The minimum atomic E-state index is 0.135. The molecule has 1 aromatic carbocycles. The van der Waals surface area contributed by atoms with Crippen LogP contribution >= 0.6 is 0 Å². The van der Waals surface area contributed by atoms with Crippen molar-refractivity contribution in [1.82, 2.24) is 10.2 Å². The van der Waals surface area contributed by atoms with E-state index in [1.54, 1.807) is 0 Å². The van der Waals surface area contributed by atoms with Gasteiger partial charge in [0.05, 0.1) is 6.54 Å². The van der Waals surface area contributed by atoms with Crippen LogP contribution < -0.4 is 5.32 Å². The normalized spacial score (nSPS) is 14.9. The number of nitrogens with one attached hydrogen (secondary N) is 1. The molecule has 1 aliphatic carbocycles. The molecule has 0 saturated heterocycles. The number of carbonyl (C=O) groups is 1. The number of carbonyl (C=O) groups excluding carboxylic acids is 1. The first kappa shape index (κ1) is 12.1. The highest BCUT2D eigenvalue weighted by atomic mass is 16.2. The number of hydrogen-bond donors (Lipinski definition) is 1. The fraction of sp³-hybridized carbons (Fsp3) is 0.500. The van der Waals surface area contributed by atoms with Crippen LogP contribution in [0.2, 0.25) is 0 Å². The molecule has 0 aromatic heterocycles. The first-order valence-electron chi connectivity index (χ1n) is 6.23. The molecule has 17 heavy (non-hydrogen) atoms. The molecule has 1 saturated carbocycles. The van der Waals surface area contributed by atoms with E-state index in [2.05, 4.69) is 17.4 Å². The summed E-state index contributed by atoms with van der Waals surface area (Å²) in [5, 5.41) is 2.98. The topological polar surface area (TPSA) is 32.3 Å². The molecular formula is C14H20N2O. The summed E-state index contributed by atoms with van der Waals surface area (Å²) in [6.45, 7) is 2.15. The van der Waals surface area contributed by atoms with Crippen LogP contribution in [0.5, 0.6) is 0 Å². The van der Waals surface area contributed by atoms with Crippen molar-refractivity contribution in [3.8, 4) is 0 Å². The largest absolute Gasteiger partial charge is 0.355 e. The maximum atomic E-state index is 11.6. The predicted molar refractivity (Wildman–Crippen MR) is 68.5 cm³/mol.